The zero-order chi connectivity index (χ0) is 13.0. The van der Waals surface area contributed by atoms with Crippen LogP contribution in [0.3, 0.4) is 0 Å². The predicted molar refractivity (Wildman–Crippen MR) is 74.3 cm³/mol. The van der Waals surface area contributed by atoms with Gasteiger partial charge < -0.3 is 10.6 Å². The molecule has 1 saturated heterocycles. The average Bonchev–Trinajstić information content (AvgIpc) is 2.38. The van der Waals surface area contributed by atoms with Crippen LogP contribution in [0.2, 0.25) is 5.02 Å². The van der Waals surface area contributed by atoms with Gasteiger partial charge in [0.2, 0.25) is 5.91 Å². The minimum absolute atomic E-state index is 0.0279. The molecule has 1 heterocycles. The smallest absolute Gasteiger partial charge is 0.246 e. The Bertz CT molecular complexity index is 442. The van der Waals surface area contributed by atoms with E-state index in [0.29, 0.717) is 11.6 Å². The second-order valence-corrected chi connectivity index (χ2v) is 5.01. The first-order chi connectivity index (χ1) is 8.65. The molecule has 4 heteroatoms. The monoisotopic (exact) mass is 264 g/mol. The number of likely N-dealkylation sites (tertiary alicyclic amines) is 1. The minimum Gasteiger partial charge on any atom is -0.338 e. The Hall–Kier alpha value is -1.32. The Balaban J connectivity index is 1.96. The summed E-state index contributed by atoms with van der Waals surface area (Å²) >= 11 is 5.80. The molecule has 0 bridgehead atoms. The van der Waals surface area contributed by atoms with Crippen molar-refractivity contribution in [2.24, 2.45) is 5.73 Å². The van der Waals surface area contributed by atoms with Gasteiger partial charge in [0.25, 0.3) is 0 Å². The van der Waals surface area contributed by atoms with Gasteiger partial charge in [-0.2, -0.15) is 0 Å². The van der Waals surface area contributed by atoms with Gasteiger partial charge in [-0.3, -0.25) is 4.79 Å². The summed E-state index contributed by atoms with van der Waals surface area (Å²) in [6.45, 7) is 1.46. The quantitative estimate of drug-likeness (QED) is 0.834. The van der Waals surface area contributed by atoms with Crippen molar-refractivity contribution in [1.82, 2.24) is 4.90 Å². The summed E-state index contributed by atoms with van der Waals surface area (Å²) in [6, 6.07) is 7.50. The highest BCUT2D eigenvalue weighted by molar-refractivity contribution is 6.30. The van der Waals surface area contributed by atoms with Crippen LogP contribution in [0.5, 0.6) is 0 Å². The average molecular weight is 265 g/mol. The Morgan fingerprint density at radius 1 is 1.39 bits per heavy atom. The van der Waals surface area contributed by atoms with E-state index in [1.54, 1.807) is 17.1 Å². The molecule has 1 fully saturated rings. The Kier molecular flexibility index (Phi) is 4.39. The zero-order valence-electron chi connectivity index (χ0n) is 10.2. The lowest BCUT2D eigenvalue weighted by Gasteiger charge is -2.29. The molecule has 2 N–H and O–H groups in total. The molecule has 2 rings (SSSR count). The molecule has 1 amide bonds. The minimum atomic E-state index is 0.0279. The fourth-order valence-electron chi connectivity index (χ4n) is 2.06. The summed E-state index contributed by atoms with van der Waals surface area (Å²) in [5, 5.41) is 0.695. The van der Waals surface area contributed by atoms with E-state index in [1.807, 2.05) is 24.3 Å². The third kappa shape index (κ3) is 3.59. The lowest BCUT2D eigenvalue weighted by atomic mass is 10.1. The molecular formula is C14H17ClN2O. The Morgan fingerprint density at radius 3 is 2.78 bits per heavy atom. The normalized spacial score (nSPS) is 20.3. The van der Waals surface area contributed by atoms with E-state index in [-0.39, 0.29) is 11.9 Å². The van der Waals surface area contributed by atoms with Crippen LogP contribution >= 0.6 is 11.6 Å². The zero-order valence-corrected chi connectivity index (χ0v) is 10.9. The molecular weight excluding hydrogens is 248 g/mol. The number of nitrogens with two attached hydrogens (primary N) is 1. The van der Waals surface area contributed by atoms with Crippen LogP contribution in [0.15, 0.2) is 30.3 Å². The molecule has 96 valence electrons. The van der Waals surface area contributed by atoms with Crippen molar-refractivity contribution in [1.29, 1.82) is 0 Å². The molecule has 0 aromatic heterocycles. The molecule has 0 spiro atoms. The van der Waals surface area contributed by atoms with E-state index < -0.39 is 0 Å². The lowest BCUT2D eigenvalue weighted by Crippen LogP contribution is -2.45. The van der Waals surface area contributed by atoms with Gasteiger partial charge in [0.1, 0.15) is 0 Å². The summed E-state index contributed by atoms with van der Waals surface area (Å²) < 4.78 is 0. The van der Waals surface area contributed by atoms with E-state index in [4.69, 9.17) is 17.3 Å². The van der Waals surface area contributed by atoms with Gasteiger partial charge in [-0.05, 0) is 36.6 Å². The van der Waals surface area contributed by atoms with E-state index in [1.165, 1.54) is 0 Å². The second-order valence-electron chi connectivity index (χ2n) is 4.57. The third-order valence-corrected chi connectivity index (χ3v) is 3.31. The largest absolute Gasteiger partial charge is 0.338 e. The number of rotatable bonds is 2. The third-order valence-electron chi connectivity index (χ3n) is 3.06. The number of halogens is 1. The Labute approximate surface area is 112 Å². The van der Waals surface area contributed by atoms with Crippen molar-refractivity contribution in [2.75, 3.05) is 13.1 Å². The molecule has 1 unspecified atom stereocenters. The maximum atomic E-state index is 11.9. The maximum Gasteiger partial charge on any atom is 0.246 e. The van der Waals surface area contributed by atoms with Crippen molar-refractivity contribution < 1.29 is 4.79 Å². The molecule has 3 nitrogen and oxygen atoms in total. The van der Waals surface area contributed by atoms with Crippen molar-refractivity contribution in [3.63, 3.8) is 0 Å². The number of hydrogen-bond acceptors (Lipinski definition) is 2. The number of carbonyl (C=O) groups is 1. The first kappa shape index (κ1) is 13.1. The predicted octanol–water partition coefficient (Wildman–Crippen LogP) is 2.30. The number of benzene rings is 1. The molecule has 18 heavy (non-hydrogen) atoms. The number of hydrogen-bond donors (Lipinski definition) is 1. The van der Waals surface area contributed by atoms with E-state index >= 15 is 0 Å². The highest BCUT2D eigenvalue weighted by Gasteiger charge is 2.19. The van der Waals surface area contributed by atoms with Crippen molar-refractivity contribution >= 4 is 23.6 Å². The van der Waals surface area contributed by atoms with Crippen molar-refractivity contribution in [3.8, 4) is 0 Å². The summed E-state index contributed by atoms with van der Waals surface area (Å²) in [4.78, 5) is 13.7. The molecule has 1 aliphatic heterocycles. The standard InChI is InChI=1S/C14H17ClN2O/c15-12-6-3-11(4-7-12)5-8-14(18)17-9-1-2-13(16)10-17/h3-8,13H,1-2,9-10,16H2. The van der Waals surface area contributed by atoms with Gasteiger partial charge in [-0.25, -0.2) is 0 Å². The van der Waals surface area contributed by atoms with Gasteiger partial charge in [0, 0.05) is 30.2 Å². The van der Waals surface area contributed by atoms with Crippen LogP contribution in [0.1, 0.15) is 18.4 Å². The van der Waals surface area contributed by atoms with Crippen molar-refractivity contribution in [3.05, 3.63) is 40.9 Å². The first-order valence-electron chi connectivity index (χ1n) is 6.13. The second kappa shape index (κ2) is 6.03. The molecule has 0 radical (unpaired) electrons. The summed E-state index contributed by atoms with van der Waals surface area (Å²) in [7, 11) is 0. The van der Waals surface area contributed by atoms with Crippen LogP contribution in [0, 0.1) is 0 Å². The SMILES string of the molecule is NC1CCCN(C(=O)C=Cc2ccc(Cl)cc2)C1. The van der Waals surface area contributed by atoms with Crippen LogP contribution in [-0.2, 0) is 4.79 Å². The van der Waals surface area contributed by atoms with Crippen LogP contribution < -0.4 is 5.73 Å². The van der Waals surface area contributed by atoms with Gasteiger partial charge in [-0.1, -0.05) is 23.7 Å². The van der Waals surface area contributed by atoms with Gasteiger partial charge in [-0.15, -0.1) is 0 Å². The van der Waals surface area contributed by atoms with Crippen LogP contribution in [0.4, 0.5) is 0 Å². The number of nitrogens with zero attached hydrogens (tertiary/aromatic N) is 1. The highest BCUT2D eigenvalue weighted by Crippen LogP contribution is 2.12. The molecule has 1 aliphatic rings. The van der Waals surface area contributed by atoms with Crippen molar-refractivity contribution in [2.45, 2.75) is 18.9 Å². The first-order valence-corrected chi connectivity index (χ1v) is 6.51. The molecule has 0 aliphatic carbocycles. The molecule has 1 aromatic rings. The van der Waals surface area contributed by atoms with Gasteiger partial charge in [0.05, 0.1) is 0 Å². The Morgan fingerprint density at radius 2 is 2.11 bits per heavy atom. The summed E-state index contributed by atoms with van der Waals surface area (Å²) in [5.41, 5.74) is 6.82. The molecule has 1 atom stereocenters. The summed E-state index contributed by atoms with van der Waals surface area (Å²) in [5.74, 6) is 0.0279. The maximum absolute atomic E-state index is 11.9. The number of amides is 1. The topological polar surface area (TPSA) is 46.3 Å². The van der Waals surface area contributed by atoms with Gasteiger partial charge >= 0.3 is 0 Å². The molecule has 1 aromatic carbocycles. The fraction of sp³-hybridized carbons (Fsp3) is 0.357. The lowest BCUT2D eigenvalue weighted by molar-refractivity contribution is -0.127. The molecule has 0 saturated carbocycles. The number of carbonyl (C=O) groups excluding carboxylic acids is 1. The van der Waals surface area contributed by atoms with E-state index in [2.05, 4.69) is 0 Å². The van der Waals surface area contributed by atoms with E-state index in [9.17, 15) is 4.79 Å². The van der Waals surface area contributed by atoms with E-state index in [0.717, 1.165) is 24.9 Å². The van der Waals surface area contributed by atoms with Crippen LogP contribution in [0.25, 0.3) is 6.08 Å². The fourth-order valence-corrected chi connectivity index (χ4v) is 2.18. The van der Waals surface area contributed by atoms with Gasteiger partial charge in [0.15, 0.2) is 0 Å². The highest BCUT2D eigenvalue weighted by atomic mass is 35.5. The number of piperidine rings is 1. The summed E-state index contributed by atoms with van der Waals surface area (Å²) in [6.07, 6.45) is 5.40. The van der Waals surface area contributed by atoms with Crippen LogP contribution in [-0.4, -0.2) is 29.9 Å².